The van der Waals surface area contributed by atoms with E-state index in [1.165, 1.54) is 0 Å². The zero-order valence-electron chi connectivity index (χ0n) is 10.6. The Labute approximate surface area is 142 Å². The molecule has 0 saturated heterocycles. The fraction of sp³-hybridized carbons (Fsp3) is 0.0714. The molecule has 21 heavy (non-hydrogen) atoms. The number of hydrogen-bond donors (Lipinski definition) is 2. The molecule has 2 rings (SSSR count). The van der Waals surface area contributed by atoms with Crippen LogP contribution in [-0.2, 0) is 4.79 Å². The fourth-order valence-corrected chi connectivity index (χ4v) is 2.31. The summed E-state index contributed by atoms with van der Waals surface area (Å²) in [5.41, 5.74) is 1.03. The Morgan fingerprint density at radius 2 is 1.71 bits per heavy atom. The molecule has 2 N–H and O–H groups in total. The summed E-state index contributed by atoms with van der Waals surface area (Å²) < 4.78 is 0. The summed E-state index contributed by atoms with van der Waals surface area (Å²) in [4.78, 5) is 11.9. The summed E-state index contributed by atoms with van der Waals surface area (Å²) >= 11 is 23.7. The predicted molar refractivity (Wildman–Crippen MR) is 90.0 cm³/mol. The molecule has 0 bridgehead atoms. The van der Waals surface area contributed by atoms with Crippen molar-refractivity contribution < 1.29 is 4.79 Å². The SMILES string of the molecule is O=C(CNc1cccc(Cl)c1Cl)Nc1cc(Cl)ccc1Cl. The minimum atomic E-state index is -0.282. The highest BCUT2D eigenvalue weighted by Gasteiger charge is 2.08. The van der Waals surface area contributed by atoms with Crippen LogP contribution in [-0.4, -0.2) is 12.5 Å². The van der Waals surface area contributed by atoms with Crippen LogP contribution in [0.3, 0.4) is 0 Å². The molecule has 0 saturated carbocycles. The monoisotopic (exact) mass is 362 g/mol. The van der Waals surface area contributed by atoms with Gasteiger partial charge in [0.05, 0.1) is 33.0 Å². The van der Waals surface area contributed by atoms with Gasteiger partial charge in [0.2, 0.25) is 5.91 Å². The first-order chi connectivity index (χ1) is 9.97. The lowest BCUT2D eigenvalue weighted by molar-refractivity contribution is -0.114. The van der Waals surface area contributed by atoms with Gasteiger partial charge in [-0.15, -0.1) is 0 Å². The Balaban J connectivity index is 1.99. The van der Waals surface area contributed by atoms with Gasteiger partial charge in [-0.1, -0.05) is 52.5 Å². The highest BCUT2D eigenvalue weighted by Crippen LogP contribution is 2.29. The van der Waals surface area contributed by atoms with Crippen LogP contribution in [0.15, 0.2) is 36.4 Å². The maximum Gasteiger partial charge on any atom is 0.243 e. The average Bonchev–Trinajstić information content (AvgIpc) is 2.44. The number of carbonyl (C=O) groups is 1. The zero-order valence-corrected chi connectivity index (χ0v) is 13.6. The average molecular weight is 364 g/mol. The highest BCUT2D eigenvalue weighted by molar-refractivity contribution is 6.43. The van der Waals surface area contributed by atoms with Crippen LogP contribution >= 0.6 is 46.4 Å². The van der Waals surface area contributed by atoms with E-state index in [0.717, 1.165) is 0 Å². The first kappa shape index (κ1) is 16.2. The fourth-order valence-electron chi connectivity index (χ4n) is 1.60. The number of rotatable bonds is 4. The number of anilines is 2. The quantitative estimate of drug-likeness (QED) is 0.768. The predicted octanol–water partition coefficient (Wildman–Crippen LogP) is 5.35. The molecule has 3 nitrogen and oxygen atoms in total. The maximum atomic E-state index is 11.9. The minimum absolute atomic E-state index is 0.0168. The number of carbonyl (C=O) groups excluding carboxylic acids is 1. The van der Waals surface area contributed by atoms with Gasteiger partial charge in [-0.05, 0) is 30.3 Å². The van der Waals surface area contributed by atoms with E-state index in [2.05, 4.69) is 10.6 Å². The van der Waals surface area contributed by atoms with Gasteiger partial charge in [-0.3, -0.25) is 4.79 Å². The number of benzene rings is 2. The summed E-state index contributed by atoms with van der Waals surface area (Å²) in [6.07, 6.45) is 0. The molecule has 0 fully saturated rings. The second-order valence-electron chi connectivity index (χ2n) is 4.13. The standard InChI is InChI=1S/C14H10Cl4N2O/c15-8-4-5-9(16)12(6-8)20-13(21)7-19-11-3-1-2-10(17)14(11)18/h1-6,19H,7H2,(H,20,21). The van der Waals surface area contributed by atoms with Crippen molar-refractivity contribution in [2.45, 2.75) is 0 Å². The smallest absolute Gasteiger partial charge is 0.243 e. The third-order valence-electron chi connectivity index (χ3n) is 2.59. The van der Waals surface area contributed by atoms with Gasteiger partial charge in [0.25, 0.3) is 0 Å². The molecule has 0 radical (unpaired) electrons. The third kappa shape index (κ3) is 4.42. The van der Waals surface area contributed by atoms with Gasteiger partial charge in [0.1, 0.15) is 0 Å². The molecule has 110 valence electrons. The molecule has 0 aromatic heterocycles. The van der Waals surface area contributed by atoms with Crippen LogP contribution < -0.4 is 10.6 Å². The van der Waals surface area contributed by atoms with Crippen LogP contribution in [0.4, 0.5) is 11.4 Å². The topological polar surface area (TPSA) is 41.1 Å². The lowest BCUT2D eigenvalue weighted by Gasteiger charge is -2.11. The Morgan fingerprint density at radius 3 is 2.48 bits per heavy atom. The summed E-state index contributed by atoms with van der Waals surface area (Å²) in [6.45, 7) is 0.0168. The number of nitrogens with one attached hydrogen (secondary N) is 2. The van der Waals surface area contributed by atoms with Crippen molar-refractivity contribution in [1.82, 2.24) is 0 Å². The van der Waals surface area contributed by atoms with Crippen LogP contribution in [0.2, 0.25) is 20.1 Å². The second kappa shape index (κ2) is 7.23. The van der Waals surface area contributed by atoms with Crippen molar-refractivity contribution >= 4 is 63.7 Å². The molecule has 0 aliphatic carbocycles. The van der Waals surface area contributed by atoms with Crippen molar-refractivity contribution in [2.75, 3.05) is 17.2 Å². The molecule has 0 heterocycles. The molecule has 0 aliphatic heterocycles. The Morgan fingerprint density at radius 1 is 0.952 bits per heavy atom. The van der Waals surface area contributed by atoms with Gasteiger partial charge in [0.15, 0.2) is 0 Å². The summed E-state index contributed by atoms with van der Waals surface area (Å²) in [7, 11) is 0. The lowest BCUT2D eigenvalue weighted by atomic mass is 10.3. The van der Waals surface area contributed by atoms with E-state index in [1.807, 2.05) is 0 Å². The van der Waals surface area contributed by atoms with E-state index in [1.54, 1.807) is 36.4 Å². The Kier molecular flexibility index (Phi) is 5.59. The number of amides is 1. The van der Waals surface area contributed by atoms with E-state index in [4.69, 9.17) is 46.4 Å². The summed E-state index contributed by atoms with van der Waals surface area (Å²) in [6, 6.07) is 9.97. The molecular weight excluding hydrogens is 354 g/mol. The summed E-state index contributed by atoms with van der Waals surface area (Å²) in [5, 5.41) is 7.25. The first-order valence-electron chi connectivity index (χ1n) is 5.90. The Hall–Kier alpha value is -1.13. The normalized spacial score (nSPS) is 10.3. The van der Waals surface area contributed by atoms with E-state index in [9.17, 15) is 4.79 Å². The number of hydrogen-bond acceptors (Lipinski definition) is 2. The van der Waals surface area contributed by atoms with Gasteiger partial charge in [-0.2, -0.15) is 0 Å². The van der Waals surface area contributed by atoms with Gasteiger partial charge in [0, 0.05) is 5.02 Å². The van der Waals surface area contributed by atoms with Crippen LogP contribution in [0.1, 0.15) is 0 Å². The molecule has 2 aromatic carbocycles. The summed E-state index contributed by atoms with van der Waals surface area (Å²) in [5.74, 6) is -0.282. The molecule has 7 heteroatoms. The van der Waals surface area contributed by atoms with Crippen molar-refractivity contribution in [3.63, 3.8) is 0 Å². The van der Waals surface area contributed by atoms with E-state index in [-0.39, 0.29) is 12.5 Å². The maximum absolute atomic E-state index is 11.9. The van der Waals surface area contributed by atoms with Crippen LogP contribution in [0.5, 0.6) is 0 Å². The minimum Gasteiger partial charge on any atom is -0.375 e. The zero-order chi connectivity index (χ0) is 15.4. The molecule has 0 atom stereocenters. The van der Waals surface area contributed by atoms with E-state index in [0.29, 0.717) is 31.5 Å². The molecule has 0 unspecified atom stereocenters. The largest absolute Gasteiger partial charge is 0.375 e. The van der Waals surface area contributed by atoms with Crippen molar-refractivity contribution in [3.8, 4) is 0 Å². The van der Waals surface area contributed by atoms with Crippen LogP contribution in [0.25, 0.3) is 0 Å². The van der Waals surface area contributed by atoms with E-state index >= 15 is 0 Å². The second-order valence-corrected chi connectivity index (χ2v) is 5.76. The number of halogens is 4. The van der Waals surface area contributed by atoms with E-state index < -0.39 is 0 Å². The van der Waals surface area contributed by atoms with Gasteiger partial charge >= 0.3 is 0 Å². The Bertz CT molecular complexity index is 676. The molecule has 0 spiro atoms. The molecule has 2 aromatic rings. The lowest BCUT2D eigenvalue weighted by Crippen LogP contribution is -2.22. The third-order valence-corrected chi connectivity index (χ3v) is 3.98. The molecule has 0 aliphatic rings. The van der Waals surface area contributed by atoms with Crippen molar-refractivity contribution in [1.29, 1.82) is 0 Å². The van der Waals surface area contributed by atoms with Crippen molar-refractivity contribution in [3.05, 3.63) is 56.5 Å². The first-order valence-corrected chi connectivity index (χ1v) is 7.41. The van der Waals surface area contributed by atoms with Gasteiger partial charge < -0.3 is 10.6 Å². The van der Waals surface area contributed by atoms with Crippen LogP contribution in [0, 0.1) is 0 Å². The molecule has 1 amide bonds. The highest BCUT2D eigenvalue weighted by atomic mass is 35.5. The van der Waals surface area contributed by atoms with Crippen molar-refractivity contribution in [2.24, 2.45) is 0 Å². The molecular formula is C14H10Cl4N2O. The van der Waals surface area contributed by atoms with Gasteiger partial charge in [-0.25, -0.2) is 0 Å².